The standard InChI is InChI=1S/C23H28N2OS2/c26-22(19-9-11-20(12-10-19)23-27-15-6-16-28-23)24-17-21(25-13-4-5-14-25)18-7-2-1-3-8-18/h1-3,7-12,21,23H,4-6,13-17H2,(H,24,26). The van der Waals surface area contributed by atoms with Crippen LogP contribution in [0.4, 0.5) is 0 Å². The van der Waals surface area contributed by atoms with Crippen LogP contribution in [0.3, 0.4) is 0 Å². The van der Waals surface area contributed by atoms with Gasteiger partial charge in [0, 0.05) is 12.1 Å². The summed E-state index contributed by atoms with van der Waals surface area (Å²) in [5, 5.41) is 3.18. The topological polar surface area (TPSA) is 32.3 Å². The number of benzene rings is 2. The van der Waals surface area contributed by atoms with E-state index in [0.717, 1.165) is 18.7 Å². The predicted molar refractivity (Wildman–Crippen MR) is 121 cm³/mol. The van der Waals surface area contributed by atoms with E-state index in [0.29, 0.717) is 11.1 Å². The Kier molecular flexibility index (Phi) is 7.00. The molecule has 2 saturated heterocycles. The first-order valence-electron chi connectivity index (χ1n) is 10.2. The van der Waals surface area contributed by atoms with Gasteiger partial charge < -0.3 is 5.32 Å². The lowest BCUT2D eigenvalue weighted by Crippen LogP contribution is -2.36. The fourth-order valence-corrected chi connectivity index (χ4v) is 6.84. The molecule has 0 aliphatic carbocycles. The Morgan fingerprint density at radius 1 is 0.964 bits per heavy atom. The van der Waals surface area contributed by atoms with Crippen molar-refractivity contribution in [2.24, 2.45) is 0 Å². The summed E-state index contributed by atoms with van der Waals surface area (Å²) in [7, 11) is 0. The zero-order valence-corrected chi connectivity index (χ0v) is 17.8. The number of hydrogen-bond acceptors (Lipinski definition) is 4. The van der Waals surface area contributed by atoms with Crippen LogP contribution in [0.15, 0.2) is 54.6 Å². The van der Waals surface area contributed by atoms with Crippen LogP contribution < -0.4 is 5.32 Å². The molecule has 2 aliphatic heterocycles. The van der Waals surface area contributed by atoms with Crippen LogP contribution in [0.2, 0.25) is 0 Å². The number of carbonyl (C=O) groups excluding carboxylic acids is 1. The van der Waals surface area contributed by atoms with Gasteiger partial charge in [-0.3, -0.25) is 9.69 Å². The van der Waals surface area contributed by atoms with Crippen LogP contribution in [0.1, 0.15) is 51.4 Å². The first kappa shape index (κ1) is 19.9. The van der Waals surface area contributed by atoms with Gasteiger partial charge in [-0.05, 0) is 67.1 Å². The van der Waals surface area contributed by atoms with Gasteiger partial charge >= 0.3 is 0 Å². The minimum absolute atomic E-state index is 0.0237. The number of nitrogens with one attached hydrogen (secondary N) is 1. The lowest BCUT2D eigenvalue weighted by Gasteiger charge is -2.28. The highest BCUT2D eigenvalue weighted by molar-refractivity contribution is 8.16. The van der Waals surface area contributed by atoms with Crippen molar-refractivity contribution in [2.75, 3.05) is 31.1 Å². The Labute approximate surface area is 176 Å². The number of likely N-dealkylation sites (tertiary alicyclic amines) is 1. The van der Waals surface area contributed by atoms with E-state index in [2.05, 4.69) is 46.6 Å². The summed E-state index contributed by atoms with van der Waals surface area (Å²) in [6.45, 7) is 2.88. The lowest BCUT2D eigenvalue weighted by molar-refractivity contribution is 0.0938. The molecule has 28 heavy (non-hydrogen) atoms. The highest BCUT2D eigenvalue weighted by atomic mass is 32.2. The molecule has 3 nitrogen and oxygen atoms in total. The van der Waals surface area contributed by atoms with Gasteiger partial charge in [0.1, 0.15) is 0 Å². The SMILES string of the molecule is O=C(NCC(c1ccccc1)N1CCCC1)c1ccc(C2SCCCS2)cc1. The molecule has 1 amide bonds. The van der Waals surface area contributed by atoms with E-state index in [-0.39, 0.29) is 11.9 Å². The van der Waals surface area contributed by atoms with Crippen molar-refractivity contribution in [3.05, 3.63) is 71.3 Å². The monoisotopic (exact) mass is 412 g/mol. The maximum Gasteiger partial charge on any atom is 0.251 e. The number of hydrogen-bond donors (Lipinski definition) is 1. The van der Waals surface area contributed by atoms with Gasteiger partial charge in [0.25, 0.3) is 5.91 Å². The Morgan fingerprint density at radius 2 is 1.64 bits per heavy atom. The third kappa shape index (κ3) is 4.94. The number of rotatable bonds is 6. The van der Waals surface area contributed by atoms with Gasteiger partial charge in [0.15, 0.2) is 0 Å². The van der Waals surface area contributed by atoms with E-state index < -0.39 is 0 Å². The molecule has 2 aromatic rings. The fourth-order valence-electron chi connectivity index (χ4n) is 3.95. The third-order valence-corrected chi connectivity index (χ3v) is 8.51. The summed E-state index contributed by atoms with van der Waals surface area (Å²) in [5.74, 6) is 2.49. The van der Waals surface area contributed by atoms with E-state index >= 15 is 0 Å². The molecule has 0 spiro atoms. The molecule has 4 rings (SSSR count). The van der Waals surface area contributed by atoms with Crippen LogP contribution in [0, 0.1) is 0 Å². The maximum absolute atomic E-state index is 12.7. The molecule has 0 saturated carbocycles. The van der Waals surface area contributed by atoms with E-state index in [9.17, 15) is 4.79 Å². The van der Waals surface area contributed by atoms with Crippen LogP contribution in [-0.2, 0) is 0 Å². The van der Waals surface area contributed by atoms with Crippen molar-refractivity contribution in [3.63, 3.8) is 0 Å². The van der Waals surface area contributed by atoms with Crippen LogP contribution in [-0.4, -0.2) is 41.9 Å². The summed E-state index contributed by atoms with van der Waals surface area (Å²) in [6.07, 6.45) is 3.79. The molecular weight excluding hydrogens is 384 g/mol. The molecular formula is C23H28N2OS2. The molecule has 0 bridgehead atoms. The minimum Gasteiger partial charge on any atom is -0.350 e. The second-order valence-electron chi connectivity index (χ2n) is 7.43. The molecule has 5 heteroatoms. The molecule has 2 aromatic carbocycles. The molecule has 0 aromatic heterocycles. The van der Waals surface area contributed by atoms with Crippen LogP contribution >= 0.6 is 23.5 Å². The van der Waals surface area contributed by atoms with Gasteiger partial charge in [-0.1, -0.05) is 42.5 Å². The Hall–Kier alpha value is -1.43. The number of thioether (sulfide) groups is 2. The Bertz CT molecular complexity index is 754. The highest BCUT2D eigenvalue weighted by Gasteiger charge is 2.24. The van der Waals surface area contributed by atoms with E-state index in [1.807, 2.05) is 41.7 Å². The van der Waals surface area contributed by atoms with E-state index in [1.54, 1.807) is 0 Å². The molecule has 1 N–H and O–H groups in total. The average Bonchev–Trinajstić information content (AvgIpc) is 3.30. The van der Waals surface area contributed by atoms with Crippen molar-refractivity contribution in [2.45, 2.75) is 29.9 Å². The second-order valence-corrected chi connectivity index (χ2v) is 10.2. The van der Waals surface area contributed by atoms with Gasteiger partial charge in [-0.2, -0.15) is 0 Å². The van der Waals surface area contributed by atoms with Crippen molar-refractivity contribution < 1.29 is 4.79 Å². The first-order valence-corrected chi connectivity index (χ1v) is 12.3. The van der Waals surface area contributed by atoms with Crippen molar-refractivity contribution >= 4 is 29.4 Å². The predicted octanol–water partition coefficient (Wildman–Crippen LogP) is 5.12. The van der Waals surface area contributed by atoms with Gasteiger partial charge in [-0.25, -0.2) is 0 Å². The first-order chi connectivity index (χ1) is 13.8. The van der Waals surface area contributed by atoms with Gasteiger partial charge in [0.05, 0.1) is 10.6 Å². The van der Waals surface area contributed by atoms with Gasteiger partial charge in [0.2, 0.25) is 0 Å². The summed E-state index contributed by atoms with van der Waals surface area (Å²) < 4.78 is 0.517. The summed E-state index contributed by atoms with van der Waals surface area (Å²) in [6, 6.07) is 19.0. The minimum atomic E-state index is 0.0237. The summed E-state index contributed by atoms with van der Waals surface area (Å²) >= 11 is 4.03. The van der Waals surface area contributed by atoms with E-state index in [1.165, 1.54) is 41.9 Å². The molecule has 2 aliphatic rings. The lowest BCUT2D eigenvalue weighted by atomic mass is 10.1. The maximum atomic E-state index is 12.7. The van der Waals surface area contributed by atoms with Crippen LogP contribution in [0.25, 0.3) is 0 Å². The molecule has 2 fully saturated rings. The number of amides is 1. The van der Waals surface area contributed by atoms with Crippen molar-refractivity contribution in [1.29, 1.82) is 0 Å². The second kappa shape index (κ2) is 9.86. The normalized spacial score (nSPS) is 19.4. The zero-order chi connectivity index (χ0) is 19.2. The third-order valence-electron chi connectivity index (χ3n) is 5.49. The smallest absolute Gasteiger partial charge is 0.251 e. The van der Waals surface area contributed by atoms with Crippen LogP contribution in [0.5, 0.6) is 0 Å². The largest absolute Gasteiger partial charge is 0.350 e. The van der Waals surface area contributed by atoms with Gasteiger partial charge in [-0.15, -0.1) is 23.5 Å². The summed E-state index contributed by atoms with van der Waals surface area (Å²) in [5.41, 5.74) is 3.36. The molecule has 1 unspecified atom stereocenters. The number of nitrogens with zero attached hydrogens (tertiary/aromatic N) is 1. The van der Waals surface area contributed by atoms with Crippen molar-refractivity contribution in [3.8, 4) is 0 Å². The number of carbonyl (C=O) groups is 1. The Morgan fingerprint density at radius 3 is 2.32 bits per heavy atom. The zero-order valence-electron chi connectivity index (χ0n) is 16.2. The van der Waals surface area contributed by atoms with Crippen molar-refractivity contribution in [1.82, 2.24) is 10.2 Å². The van der Waals surface area contributed by atoms with E-state index in [4.69, 9.17) is 0 Å². The average molecular weight is 413 g/mol. The molecule has 1 atom stereocenters. The molecule has 2 heterocycles. The highest BCUT2D eigenvalue weighted by Crippen LogP contribution is 2.43. The fraction of sp³-hybridized carbons (Fsp3) is 0.435. The summed E-state index contributed by atoms with van der Waals surface area (Å²) in [4.78, 5) is 15.2. The molecule has 148 valence electrons. The molecule has 0 radical (unpaired) electrons. The Balaban J connectivity index is 1.39. The quantitative estimate of drug-likeness (QED) is 0.713.